The van der Waals surface area contributed by atoms with Gasteiger partial charge in [0, 0.05) is 36.7 Å². The van der Waals surface area contributed by atoms with Crippen LogP contribution in [0.25, 0.3) is 10.9 Å². The van der Waals surface area contributed by atoms with Gasteiger partial charge in [0.2, 0.25) is 11.9 Å². The number of fused-ring (bicyclic) bond motifs is 2. The Morgan fingerprint density at radius 3 is 2.79 bits per heavy atom. The Morgan fingerprint density at radius 1 is 0.966 bits per heavy atom. The summed E-state index contributed by atoms with van der Waals surface area (Å²) in [6.07, 6.45) is 4.13. The first-order chi connectivity index (χ1) is 14.2. The van der Waals surface area contributed by atoms with Crippen molar-refractivity contribution in [2.45, 2.75) is 19.5 Å². The molecule has 5 rings (SSSR count). The zero-order valence-corrected chi connectivity index (χ0v) is 15.7. The number of aromatic nitrogens is 3. The van der Waals surface area contributed by atoms with E-state index in [0.29, 0.717) is 25.5 Å². The van der Waals surface area contributed by atoms with E-state index in [2.05, 4.69) is 55.2 Å². The number of carbonyl (C=O) groups excluding carboxylic acids is 1. The van der Waals surface area contributed by atoms with E-state index < -0.39 is 0 Å². The molecule has 3 heterocycles. The van der Waals surface area contributed by atoms with Gasteiger partial charge in [0.1, 0.15) is 5.82 Å². The lowest BCUT2D eigenvalue weighted by Gasteiger charge is -2.09. The normalized spacial score (nSPS) is 12.6. The molecule has 2 aromatic carbocycles. The second-order valence-electron chi connectivity index (χ2n) is 7.09. The summed E-state index contributed by atoms with van der Waals surface area (Å²) in [6.45, 7) is 1.26. The standard InChI is InChI=1S/C22H20N6O/c29-21-11-17-4-2-15(10-19(17)27-21)13-26-22-24-8-6-20(28-22)25-12-14-1-3-16-5-7-23-18(16)9-14/h1-10,23H,11-13H2,(H,27,29)(H2,24,25,26,28). The second-order valence-corrected chi connectivity index (χ2v) is 7.09. The molecule has 4 N–H and O–H groups in total. The Kier molecular flexibility index (Phi) is 4.32. The van der Waals surface area contributed by atoms with E-state index in [4.69, 9.17) is 0 Å². The van der Waals surface area contributed by atoms with Crippen LogP contribution in [0.1, 0.15) is 16.7 Å². The van der Waals surface area contributed by atoms with Gasteiger partial charge in [-0.15, -0.1) is 0 Å². The highest BCUT2D eigenvalue weighted by molar-refractivity contribution is 5.99. The molecule has 29 heavy (non-hydrogen) atoms. The Labute approximate surface area is 167 Å². The molecule has 0 saturated heterocycles. The van der Waals surface area contributed by atoms with Crippen molar-refractivity contribution in [3.63, 3.8) is 0 Å². The van der Waals surface area contributed by atoms with Gasteiger partial charge < -0.3 is 20.9 Å². The van der Waals surface area contributed by atoms with Gasteiger partial charge in [0.15, 0.2) is 0 Å². The third kappa shape index (κ3) is 3.75. The van der Waals surface area contributed by atoms with Crippen LogP contribution in [-0.4, -0.2) is 20.9 Å². The number of aromatic amines is 1. The van der Waals surface area contributed by atoms with Crippen LogP contribution >= 0.6 is 0 Å². The Bertz CT molecular complexity index is 1200. The molecule has 0 unspecified atom stereocenters. The van der Waals surface area contributed by atoms with Gasteiger partial charge in [-0.1, -0.05) is 24.3 Å². The number of H-pyrrole nitrogens is 1. The van der Waals surface area contributed by atoms with Gasteiger partial charge in [0.25, 0.3) is 0 Å². The lowest BCUT2D eigenvalue weighted by molar-refractivity contribution is -0.115. The third-order valence-corrected chi connectivity index (χ3v) is 5.00. The minimum absolute atomic E-state index is 0.0441. The monoisotopic (exact) mass is 384 g/mol. The molecule has 1 aliphatic heterocycles. The van der Waals surface area contributed by atoms with E-state index in [1.54, 1.807) is 6.20 Å². The van der Waals surface area contributed by atoms with Crippen molar-refractivity contribution in [2.24, 2.45) is 0 Å². The molecule has 0 radical (unpaired) electrons. The smallest absolute Gasteiger partial charge is 0.228 e. The number of nitrogens with one attached hydrogen (secondary N) is 4. The van der Waals surface area contributed by atoms with Crippen molar-refractivity contribution in [1.29, 1.82) is 0 Å². The first-order valence-corrected chi connectivity index (χ1v) is 9.51. The SMILES string of the molecule is O=C1Cc2ccc(CNc3nccc(NCc4ccc5cc[nH]c5c4)n3)cc2N1. The van der Waals surface area contributed by atoms with Gasteiger partial charge in [0.05, 0.1) is 6.42 Å². The van der Waals surface area contributed by atoms with Crippen molar-refractivity contribution in [1.82, 2.24) is 15.0 Å². The lowest BCUT2D eigenvalue weighted by atomic mass is 10.1. The van der Waals surface area contributed by atoms with Crippen LogP contribution in [-0.2, 0) is 24.3 Å². The average Bonchev–Trinajstić information content (AvgIpc) is 3.35. The zero-order chi connectivity index (χ0) is 19.6. The highest BCUT2D eigenvalue weighted by Gasteiger charge is 2.17. The molecule has 0 bridgehead atoms. The van der Waals surface area contributed by atoms with Crippen LogP contribution in [0.3, 0.4) is 0 Å². The summed E-state index contributed by atoms with van der Waals surface area (Å²) in [5.41, 5.74) is 5.30. The molecule has 1 amide bonds. The van der Waals surface area contributed by atoms with E-state index in [1.165, 1.54) is 10.9 Å². The number of amides is 1. The molecule has 4 aromatic rings. The van der Waals surface area contributed by atoms with Gasteiger partial charge in [-0.25, -0.2) is 4.98 Å². The molecule has 1 aliphatic rings. The quantitative estimate of drug-likeness (QED) is 0.407. The summed E-state index contributed by atoms with van der Waals surface area (Å²) in [4.78, 5) is 23.5. The van der Waals surface area contributed by atoms with Gasteiger partial charge in [-0.2, -0.15) is 4.98 Å². The Morgan fingerprint density at radius 2 is 1.83 bits per heavy atom. The fourth-order valence-corrected chi connectivity index (χ4v) is 3.49. The molecule has 0 aliphatic carbocycles. The molecule has 2 aromatic heterocycles. The number of nitrogens with zero attached hydrogens (tertiary/aromatic N) is 2. The molecule has 0 atom stereocenters. The summed E-state index contributed by atoms with van der Waals surface area (Å²) in [5.74, 6) is 1.36. The van der Waals surface area contributed by atoms with E-state index in [9.17, 15) is 4.79 Å². The molecule has 0 fully saturated rings. The molecule has 7 heteroatoms. The minimum Gasteiger partial charge on any atom is -0.366 e. The predicted octanol–water partition coefficient (Wildman–Crippen LogP) is 3.68. The number of rotatable bonds is 6. The maximum absolute atomic E-state index is 11.5. The van der Waals surface area contributed by atoms with Crippen LogP contribution in [0.4, 0.5) is 17.5 Å². The van der Waals surface area contributed by atoms with Crippen molar-refractivity contribution < 1.29 is 4.79 Å². The highest BCUT2D eigenvalue weighted by atomic mass is 16.1. The molecule has 7 nitrogen and oxygen atoms in total. The molecule has 0 spiro atoms. The first kappa shape index (κ1) is 17.2. The number of anilines is 3. The summed E-state index contributed by atoms with van der Waals surface area (Å²) < 4.78 is 0. The Balaban J connectivity index is 1.22. The number of hydrogen-bond acceptors (Lipinski definition) is 5. The van der Waals surface area contributed by atoms with E-state index in [0.717, 1.165) is 28.1 Å². The summed E-state index contributed by atoms with van der Waals surface area (Å²) in [5, 5.41) is 10.7. The van der Waals surface area contributed by atoms with E-state index >= 15 is 0 Å². The predicted molar refractivity (Wildman–Crippen MR) is 114 cm³/mol. The van der Waals surface area contributed by atoms with E-state index in [1.807, 2.05) is 30.5 Å². The third-order valence-electron chi connectivity index (χ3n) is 5.00. The molecule has 0 saturated carbocycles. The number of carbonyl (C=O) groups is 1. The van der Waals surface area contributed by atoms with Gasteiger partial charge >= 0.3 is 0 Å². The largest absolute Gasteiger partial charge is 0.366 e. The maximum Gasteiger partial charge on any atom is 0.228 e. The van der Waals surface area contributed by atoms with Crippen molar-refractivity contribution in [2.75, 3.05) is 16.0 Å². The topological polar surface area (TPSA) is 94.7 Å². The fourth-order valence-electron chi connectivity index (χ4n) is 3.49. The van der Waals surface area contributed by atoms with Crippen molar-refractivity contribution >= 4 is 34.3 Å². The van der Waals surface area contributed by atoms with Crippen LogP contribution < -0.4 is 16.0 Å². The highest BCUT2D eigenvalue weighted by Crippen LogP contribution is 2.24. The number of hydrogen-bond donors (Lipinski definition) is 4. The summed E-state index contributed by atoms with van der Waals surface area (Å²) in [6, 6.07) is 16.3. The lowest BCUT2D eigenvalue weighted by Crippen LogP contribution is -2.07. The van der Waals surface area contributed by atoms with Crippen molar-refractivity contribution in [3.05, 3.63) is 77.6 Å². The molecular weight excluding hydrogens is 364 g/mol. The summed E-state index contributed by atoms with van der Waals surface area (Å²) >= 11 is 0. The van der Waals surface area contributed by atoms with Crippen molar-refractivity contribution in [3.8, 4) is 0 Å². The van der Waals surface area contributed by atoms with Crippen LogP contribution in [0.2, 0.25) is 0 Å². The fraction of sp³-hybridized carbons (Fsp3) is 0.136. The summed E-state index contributed by atoms with van der Waals surface area (Å²) in [7, 11) is 0. The minimum atomic E-state index is 0.0441. The second kappa shape index (κ2) is 7.27. The maximum atomic E-state index is 11.5. The van der Waals surface area contributed by atoms with Crippen LogP contribution in [0.15, 0.2) is 60.9 Å². The van der Waals surface area contributed by atoms with E-state index in [-0.39, 0.29) is 5.91 Å². The average molecular weight is 384 g/mol. The molecule has 144 valence electrons. The Hall–Kier alpha value is -3.87. The zero-order valence-electron chi connectivity index (χ0n) is 15.7. The van der Waals surface area contributed by atoms with Gasteiger partial charge in [-0.3, -0.25) is 4.79 Å². The number of benzene rings is 2. The first-order valence-electron chi connectivity index (χ1n) is 9.51. The van der Waals surface area contributed by atoms with Crippen LogP contribution in [0, 0.1) is 0 Å². The van der Waals surface area contributed by atoms with Crippen LogP contribution in [0.5, 0.6) is 0 Å². The molecular formula is C22H20N6O. The van der Waals surface area contributed by atoms with Gasteiger partial charge in [-0.05, 0) is 46.3 Å².